The number of nitrogens with one attached hydrogen (secondary N) is 1. The molecule has 0 unspecified atom stereocenters. The standard InChI is InChI=1S/C24H27NO3/c1-3-23(28-22-14-13-19-10-4-5-11-20(19)17-22)24(26)25-15-7-9-18-8-6-12-21(16-18)27-2/h4-6,8,10-14,16-17,23H,3,7,9,15H2,1-2H3,(H,25,26)/t23-/m0/s1. The number of rotatable bonds is 9. The molecule has 1 amide bonds. The molecule has 0 heterocycles. The Morgan fingerprint density at radius 3 is 2.57 bits per heavy atom. The molecule has 0 aliphatic heterocycles. The molecule has 0 bridgehead atoms. The molecule has 28 heavy (non-hydrogen) atoms. The largest absolute Gasteiger partial charge is 0.497 e. The average molecular weight is 377 g/mol. The van der Waals surface area contributed by atoms with E-state index < -0.39 is 6.10 Å². The first-order chi connectivity index (χ1) is 13.7. The summed E-state index contributed by atoms with van der Waals surface area (Å²) in [6.07, 6.45) is 1.89. The number of methoxy groups -OCH3 is 1. The van der Waals surface area contributed by atoms with Gasteiger partial charge < -0.3 is 14.8 Å². The van der Waals surface area contributed by atoms with Gasteiger partial charge in [-0.3, -0.25) is 4.79 Å². The predicted octanol–water partition coefficient (Wildman–Crippen LogP) is 4.75. The van der Waals surface area contributed by atoms with Gasteiger partial charge in [0.25, 0.3) is 5.91 Å². The third kappa shape index (κ3) is 5.26. The van der Waals surface area contributed by atoms with Crippen molar-refractivity contribution in [2.75, 3.05) is 13.7 Å². The van der Waals surface area contributed by atoms with Crippen LogP contribution >= 0.6 is 0 Å². The van der Waals surface area contributed by atoms with E-state index in [0.717, 1.165) is 35.1 Å². The molecule has 0 aromatic heterocycles. The Balaban J connectivity index is 1.50. The summed E-state index contributed by atoms with van der Waals surface area (Å²) in [6, 6.07) is 22.0. The molecule has 1 atom stereocenters. The van der Waals surface area contributed by atoms with Gasteiger partial charge in [-0.25, -0.2) is 0 Å². The minimum absolute atomic E-state index is 0.0682. The molecule has 3 rings (SSSR count). The van der Waals surface area contributed by atoms with Gasteiger partial charge in [-0.15, -0.1) is 0 Å². The topological polar surface area (TPSA) is 47.6 Å². The summed E-state index contributed by atoms with van der Waals surface area (Å²) in [4.78, 5) is 12.5. The van der Waals surface area contributed by atoms with Crippen molar-refractivity contribution < 1.29 is 14.3 Å². The van der Waals surface area contributed by atoms with Crippen molar-refractivity contribution in [2.24, 2.45) is 0 Å². The molecule has 0 fully saturated rings. The van der Waals surface area contributed by atoms with E-state index in [1.54, 1.807) is 7.11 Å². The first-order valence-corrected chi connectivity index (χ1v) is 9.75. The molecule has 0 aliphatic carbocycles. The summed E-state index contributed by atoms with van der Waals surface area (Å²) in [5.74, 6) is 1.51. The van der Waals surface area contributed by atoms with E-state index in [2.05, 4.69) is 17.4 Å². The number of aryl methyl sites for hydroxylation is 1. The molecule has 3 aromatic rings. The van der Waals surface area contributed by atoms with E-state index in [4.69, 9.17) is 9.47 Å². The lowest BCUT2D eigenvalue weighted by Crippen LogP contribution is -2.38. The van der Waals surface area contributed by atoms with Gasteiger partial charge in [0.15, 0.2) is 6.10 Å². The lowest BCUT2D eigenvalue weighted by molar-refractivity contribution is -0.128. The van der Waals surface area contributed by atoms with Crippen LogP contribution in [0.25, 0.3) is 10.8 Å². The molecule has 1 N–H and O–H groups in total. The van der Waals surface area contributed by atoms with Crippen LogP contribution in [0.1, 0.15) is 25.3 Å². The van der Waals surface area contributed by atoms with E-state index in [9.17, 15) is 4.79 Å². The number of amides is 1. The van der Waals surface area contributed by atoms with Crippen molar-refractivity contribution in [3.63, 3.8) is 0 Å². The van der Waals surface area contributed by atoms with Crippen molar-refractivity contribution in [3.8, 4) is 11.5 Å². The number of benzene rings is 3. The fourth-order valence-electron chi connectivity index (χ4n) is 3.17. The van der Waals surface area contributed by atoms with E-state index in [0.29, 0.717) is 13.0 Å². The number of hydrogen-bond acceptors (Lipinski definition) is 3. The fourth-order valence-corrected chi connectivity index (χ4v) is 3.17. The Morgan fingerprint density at radius 1 is 0.964 bits per heavy atom. The van der Waals surface area contributed by atoms with Crippen LogP contribution in [0.4, 0.5) is 0 Å². The van der Waals surface area contributed by atoms with Gasteiger partial charge in [-0.05, 0) is 59.9 Å². The van der Waals surface area contributed by atoms with Gasteiger partial charge in [0.1, 0.15) is 11.5 Å². The van der Waals surface area contributed by atoms with Crippen LogP contribution in [0.5, 0.6) is 11.5 Å². The average Bonchev–Trinajstić information content (AvgIpc) is 2.75. The fraction of sp³-hybridized carbons (Fsp3) is 0.292. The predicted molar refractivity (Wildman–Crippen MR) is 113 cm³/mol. The minimum Gasteiger partial charge on any atom is -0.497 e. The minimum atomic E-state index is -0.488. The molecule has 4 nitrogen and oxygen atoms in total. The van der Waals surface area contributed by atoms with Gasteiger partial charge in [-0.2, -0.15) is 0 Å². The zero-order chi connectivity index (χ0) is 19.8. The molecule has 0 saturated carbocycles. The SMILES string of the molecule is CC[C@H](Oc1ccc2ccccc2c1)C(=O)NCCCc1cccc(OC)c1. The van der Waals surface area contributed by atoms with Gasteiger partial charge in [0, 0.05) is 6.54 Å². The van der Waals surface area contributed by atoms with E-state index in [1.165, 1.54) is 5.56 Å². The Morgan fingerprint density at radius 2 is 1.79 bits per heavy atom. The van der Waals surface area contributed by atoms with Crippen LogP contribution in [0.3, 0.4) is 0 Å². The third-order valence-electron chi connectivity index (χ3n) is 4.74. The van der Waals surface area contributed by atoms with Gasteiger partial charge in [-0.1, -0.05) is 49.4 Å². The molecule has 0 spiro atoms. The number of hydrogen-bond donors (Lipinski definition) is 1. The first kappa shape index (κ1) is 19.7. The summed E-state index contributed by atoms with van der Waals surface area (Å²) in [5.41, 5.74) is 1.20. The Bertz CT molecular complexity index is 922. The number of fused-ring (bicyclic) bond motifs is 1. The van der Waals surface area contributed by atoms with Crippen LogP contribution in [-0.2, 0) is 11.2 Å². The molecule has 4 heteroatoms. The summed E-state index contributed by atoms with van der Waals surface area (Å²) in [6.45, 7) is 2.58. The maximum absolute atomic E-state index is 12.5. The molecule has 0 radical (unpaired) electrons. The highest BCUT2D eigenvalue weighted by Crippen LogP contribution is 2.22. The Kier molecular flexibility index (Phi) is 6.90. The van der Waals surface area contributed by atoms with Crippen molar-refractivity contribution in [1.29, 1.82) is 0 Å². The van der Waals surface area contributed by atoms with Crippen LogP contribution in [-0.4, -0.2) is 25.7 Å². The molecule has 3 aromatic carbocycles. The summed E-state index contributed by atoms with van der Waals surface area (Å²) < 4.78 is 11.2. The molecule has 0 saturated heterocycles. The van der Waals surface area contributed by atoms with Gasteiger partial charge in [0.05, 0.1) is 7.11 Å². The zero-order valence-corrected chi connectivity index (χ0v) is 16.5. The van der Waals surface area contributed by atoms with Crippen LogP contribution in [0.15, 0.2) is 66.7 Å². The molecular weight excluding hydrogens is 350 g/mol. The smallest absolute Gasteiger partial charge is 0.261 e. The maximum Gasteiger partial charge on any atom is 0.261 e. The van der Waals surface area contributed by atoms with E-state index in [-0.39, 0.29) is 5.91 Å². The monoisotopic (exact) mass is 377 g/mol. The number of carbonyl (C=O) groups excluding carboxylic acids is 1. The van der Waals surface area contributed by atoms with Gasteiger partial charge >= 0.3 is 0 Å². The summed E-state index contributed by atoms with van der Waals surface area (Å²) in [5, 5.41) is 5.26. The Hall–Kier alpha value is -3.01. The lowest BCUT2D eigenvalue weighted by Gasteiger charge is -2.17. The highest BCUT2D eigenvalue weighted by Gasteiger charge is 2.18. The van der Waals surface area contributed by atoms with Crippen LogP contribution in [0, 0.1) is 0 Å². The summed E-state index contributed by atoms with van der Waals surface area (Å²) in [7, 11) is 1.67. The van der Waals surface area contributed by atoms with E-state index >= 15 is 0 Å². The van der Waals surface area contributed by atoms with Crippen LogP contribution in [0.2, 0.25) is 0 Å². The molecular formula is C24H27NO3. The first-order valence-electron chi connectivity index (χ1n) is 9.75. The van der Waals surface area contributed by atoms with Crippen molar-refractivity contribution in [3.05, 3.63) is 72.3 Å². The van der Waals surface area contributed by atoms with Crippen molar-refractivity contribution >= 4 is 16.7 Å². The molecule has 146 valence electrons. The normalized spacial score (nSPS) is 11.8. The lowest BCUT2D eigenvalue weighted by atomic mass is 10.1. The van der Waals surface area contributed by atoms with E-state index in [1.807, 2.05) is 61.5 Å². The maximum atomic E-state index is 12.5. The van der Waals surface area contributed by atoms with Crippen LogP contribution < -0.4 is 14.8 Å². The second kappa shape index (κ2) is 9.79. The second-order valence-electron chi connectivity index (χ2n) is 6.77. The van der Waals surface area contributed by atoms with Crippen molar-refractivity contribution in [2.45, 2.75) is 32.3 Å². The number of ether oxygens (including phenoxy) is 2. The number of carbonyl (C=O) groups is 1. The second-order valence-corrected chi connectivity index (χ2v) is 6.77. The summed E-state index contributed by atoms with van der Waals surface area (Å²) >= 11 is 0. The molecule has 0 aliphatic rings. The highest BCUT2D eigenvalue weighted by molar-refractivity contribution is 5.84. The Labute approximate surface area is 166 Å². The third-order valence-corrected chi connectivity index (χ3v) is 4.74. The highest BCUT2D eigenvalue weighted by atomic mass is 16.5. The van der Waals surface area contributed by atoms with Gasteiger partial charge in [0.2, 0.25) is 0 Å². The quantitative estimate of drug-likeness (QED) is 0.547. The zero-order valence-electron chi connectivity index (χ0n) is 16.5. The van der Waals surface area contributed by atoms with Crippen molar-refractivity contribution in [1.82, 2.24) is 5.32 Å².